The molecule has 3 nitrogen and oxygen atoms in total. The van der Waals surface area contributed by atoms with Crippen LogP contribution in [0, 0.1) is 0 Å². The monoisotopic (exact) mass is 342 g/mol. The van der Waals surface area contributed by atoms with E-state index in [0.717, 1.165) is 35.7 Å². The summed E-state index contributed by atoms with van der Waals surface area (Å²) in [6.07, 6.45) is 0.930. The second kappa shape index (κ2) is 7.44. The molecule has 0 fully saturated rings. The van der Waals surface area contributed by atoms with E-state index < -0.39 is 0 Å². The number of nitrogens with zero attached hydrogens (tertiary/aromatic N) is 2. The summed E-state index contributed by atoms with van der Waals surface area (Å²) in [5.74, 6) is 1.27. The molecule has 1 aliphatic rings. The number of hydrogen-bond donors (Lipinski definition) is 0. The molecule has 0 amide bonds. The fourth-order valence-electron chi connectivity index (χ4n) is 3.40. The largest absolute Gasteiger partial charge is 0.497 e. The lowest BCUT2D eigenvalue weighted by atomic mass is 9.89. The standard InChI is InChI=1S/C23H22N2O/c1-26-22-14-12-19(13-15-22)23-16-20(18-8-4-2-5-9-18)17-25(24-23)21-10-6-3-7-11-21/h2-15,20H,16-17H2,1H3. The third-order valence-electron chi connectivity index (χ3n) is 4.82. The molecule has 1 unspecified atom stereocenters. The normalized spacial score (nSPS) is 16.9. The number of hydrazone groups is 1. The lowest BCUT2D eigenvalue weighted by molar-refractivity contribution is 0.415. The van der Waals surface area contributed by atoms with Gasteiger partial charge in [-0.3, -0.25) is 5.01 Å². The van der Waals surface area contributed by atoms with E-state index in [4.69, 9.17) is 9.84 Å². The Kier molecular flexibility index (Phi) is 4.69. The van der Waals surface area contributed by atoms with Gasteiger partial charge in [-0.05, 0) is 47.5 Å². The van der Waals surface area contributed by atoms with Crippen LogP contribution in [0.15, 0.2) is 90.0 Å². The van der Waals surface area contributed by atoms with Crippen LogP contribution in [0.5, 0.6) is 5.75 Å². The Balaban J connectivity index is 1.71. The molecular weight excluding hydrogens is 320 g/mol. The fraction of sp³-hybridized carbons (Fsp3) is 0.174. The van der Waals surface area contributed by atoms with Crippen LogP contribution in [0.3, 0.4) is 0 Å². The van der Waals surface area contributed by atoms with Crippen molar-refractivity contribution in [2.24, 2.45) is 5.10 Å². The molecule has 3 heteroatoms. The SMILES string of the molecule is COc1ccc(C2=NN(c3ccccc3)CC(c3ccccc3)C2)cc1. The summed E-state index contributed by atoms with van der Waals surface area (Å²) in [5.41, 5.74) is 4.73. The van der Waals surface area contributed by atoms with E-state index in [1.807, 2.05) is 18.2 Å². The number of para-hydroxylation sites is 1. The molecule has 130 valence electrons. The molecule has 1 atom stereocenters. The Labute approximate surface area is 154 Å². The number of rotatable bonds is 4. The molecule has 0 N–H and O–H groups in total. The smallest absolute Gasteiger partial charge is 0.118 e. The summed E-state index contributed by atoms with van der Waals surface area (Å²) in [4.78, 5) is 0. The summed E-state index contributed by atoms with van der Waals surface area (Å²) >= 11 is 0. The number of benzene rings is 3. The van der Waals surface area contributed by atoms with Gasteiger partial charge in [0.2, 0.25) is 0 Å². The van der Waals surface area contributed by atoms with Crippen molar-refractivity contribution in [3.63, 3.8) is 0 Å². The molecule has 1 aliphatic heterocycles. The van der Waals surface area contributed by atoms with Gasteiger partial charge in [0.15, 0.2) is 0 Å². The minimum Gasteiger partial charge on any atom is -0.497 e. The average molecular weight is 342 g/mol. The Morgan fingerprint density at radius 1 is 0.846 bits per heavy atom. The summed E-state index contributed by atoms with van der Waals surface area (Å²) in [6.45, 7) is 0.883. The Morgan fingerprint density at radius 3 is 2.15 bits per heavy atom. The minimum atomic E-state index is 0.408. The highest BCUT2D eigenvalue weighted by Gasteiger charge is 2.25. The van der Waals surface area contributed by atoms with Gasteiger partial charge >= 0.3 is 0 Å². The van der Waals surface area contributed by atoms with Crippen LogP contribution in [0.25, 0.3) is 0 Å². The first-order valence-corrected chi connectivity index (χ1v) is 8.93. The van der Waals surface area contributed by atoms with Crippen molar-refractivity contribution < 1.29 is 4.74 Å². The number of methoxy groups -OCH3 is 1. The van der Waals surface area contributed by atoms with Gasteiger partial charge < -0.3 is 4.74 Å². The summed E-state index contributed by atoms with van der Waals surface area (Å²) < 4.78 is 5.29. The molecule has 3 aromatic carbocycles. The van der Waals surface area contributed by atoms with Crippen LogP contribution in [0.2, 0.25) is 0 Å². The molecule has 0 spiro atoms. The van der Waals surface area contributed by atoms with Gasteiger partial charge in [-0.1, -0.05) is 48.5 Å². The van der Waals surface area contributed by atoms with E-state index in [9.17, 15) is 0 Å². The third-order valence-corrected chi connectivity index (χ3v) is 4.82. The van der Waals surface area contributed by atoms with Crippen molar-refractivity contribution in [3.05, 3.63) is 96.1 Å². The lowest BCUT2D eigenvalue weighted by Crippen LogP contribution is -2.32. The van der Waals surface area contributed by atoms with Gasteiger partial charge in [-0.25, -0.2) is 0 Å². The average Bonchev–Trinajstić information content (AvgIpc) is 2.75. The highest BCUT2D eigenvalue weighted by atomic mass is 16.5. The van der Waals surface area contributed by atoms with Crippen LogP contribution in [0.1, 0.15) is 23.5 Å². The van der Waals surface area contributed by atoms with Gasteiger partial charge in [0.25, 0.3) is 0 Å². The number of anilines is 1. The topological polar surface area (TPSA) is 24.8 Å². The third kappa shape index (κ3) is 3.47. The zero-order valence-electron chi connectivity index (χ0n) is 14.9. The predicted molar refractivity (Wildman–Crippen MR) is 107 cm³/mol. The molecule has 4 rings (SSSR count). The molecular formula is C23H22N2O. The van der Waals surface area contributed by atoms with Crippen molar-refractivity contribution in [1.29, 1.82) is 0 Å². The van der Waals surface area contributed by atoms with Crippen molar-refractivity contribution in [2.45, 2.75) is 12.3 Å². The van der Waals surface area contributed by atoms with Crippen molar-refractivity contribution >= 4 is 11.4 Å². The van der Waals surface area contributed by atoms with Crippen molar-refractivity contribution in [1.82, 2.24) is 0 Å². The van der Waals surface area contributed by atoms with E-state index >= 15 is 0 Å². The van der Waals surface area contributed by atoms with E-state index in [2.05, 4.69) is 71.7 Å². The second-order valence-electron chi connectivity index (χ2n) is 6.50. The Morgan fingerprint density at radius 2 is 1.50 bits per heavy atom. The Hall–Kier alpha value is -3.07. The maximum absolute atomic E-state index is 5.29. The highest BCUT2D eigenvalue weighted by molar-refractivity contribution is 6.02. The summed E-state index contributed by atoms with van der Waals surface area (Å²) in [6, 6.07) is 29.3. The summed E-state index contributed by atoms with van der Waals surface area (Å²) in [7, 11) is 1.69. The molecule has 3 aromatic rings. The zero-order chi connectivity index (χ0) is 17.8. The van der Waals surface area contributed by atoms with Gasteiger partial charge in [0, 0.05) is 18.9 Å². The predicted octanol–water partition coefficient (Wildman–Crippen LogP) is 5.09. The molecule has 0 radical (unpaired) electrons. The van der Waals surface area contributed by atoms with Gasteiger partial charge in [0.05, 0.1) is 18.5 Å². The molecule has 0 aliphatic carbocycles. The van der Waals surface area contributed by atoms with E-state index in [-0.39, 0.29) is 0 Å². The van der Waals surface area contributed by atoms with Gasteiger partial charge in [0.1, 0.15) is 5.75 Å². The van der Waals surface area contributed by atoms with Crippen LogP contribution >= 0.6 is 0 Å². The quantitative estimate of drug-likeness (QED) is 0.659. The number of ether oxygens (including phenoxy) is 1. The van der Waals surface area contributed by atoms with Crippen molar-refractivity contribution in [2.75, 3.05) is 18.7 Å². The van der Waals surface area contributed by atoms with Crippen LogP contribution in [-0.4, -0.2) is 19.4 Å². The van der Waals surface area contributed by atoms with Gasteiger partial charge in [-0.15, -0.1) is 0 Å². The fourth-order valence-corrected chi connectivity index (χ4v) is 3.40. The molecule has 0 saturated carbocycles. The van der Waals surface area contributed by atoms with E-state index in [1.54, 1.807) is 7.11 Å². The van der Waals surface area contributed by atoms with E-state index in [0.29, 0.717) is 5.92 Å². The highest BCUT2D eigenvalue weighted by Crippen LogP contribution is 2.31. The van der Waals surface area contributed by atoms with Crippen LogP contribution in [-0.2, 0) is 0 Å². The molecule has 0 bridgehead atoms. The first kappa shape index (κ1) is 16.4. The lowest BCUT2D eigenvalue weighted by Gasteiger charge is -2.32. The van der Waals surface area contributed by atoms with Crippen LogP contribution in [0.4, 0.5) is 5.69 Å². The first-order chi connectivity index (χ1) is 12.8. The van der Waals surface area contributed by atoms with Gasteiger partial charge in [-0.2, -0.15) is 5.10 Å². The molecule has 0 saturated heterocycles. The number of hydrogen-bond acceptors (Lipinski definition) is 3. The Bertz CT molecular complexity index is 873. The zero-order valence-corrected chi connectivity index (χ0v) is 14.9. The first-order valence-electron chi connectivity index (χ1n) is 8.93. The molecule has 0 aromatic heterocycles. The minimum absolute atomic E-state index is 0.408. The van der Waals surface area contributed by atoms with E-state index in [1.165, 1.54) is 5.56 Å². The maximum Gasteiger partial charge on any atom is 0.118 e. The molecule has 1 heterocycles. The summed E-state index contributed by atoms with van der Waals surface area (Å²) in [5, 5.41) is 7.09. The maximum atomic E-state index is 5.29. The second-order valence-corrected chi connectivity index (χ2v) is 6.50. The molecule has 26 heavy (non-hydrogen) atoms. The van der Waals surface area contributed by atoms with Crippen molar-refractivity contribution in [3.8, 4) is 5.75 Å². The van der Waals surface area contributed by atoms with Crippen LogP contribution < -0.4 is 9.75 Å².